The molecular weight excluding hydrogens is 254 g/mol. The van der Waals surface area contributed by atoms with E-state index in [1.54, 1.807) is 0 Å². The zero-order valence-corrected chi connectivity index (χ0v) is 10.9. The largest absolute Gasteiger partial charge is 0.480 e. The second-order valence-corrected chi connectivity index (χ2v) is 3.87. The van der Waals surface area contributed by atoms with Crippen LogP contribution in [0.4, 0.5) is 0 Å². The van der Waals surface area contributed by atoms with Gasteiger partial charge < -0.3 is 15.7 Å². The normalized spacial score (nSPS) is 10.6. The number of carboxylic acids is 1. The molecule has 0 aliphatic carbocycles. The fourth-order valence-electron chi connectivity index (χ4n) is 1.44. The Balaban J connectivity index is 3.71. The summed E-state index contributed by atoms with van der Waals surface area (Å²) in [4.78, 5) is 32.3. The van der Waals surface area contributed by atoms with E-state index in [4.69, 9.17) is 5.11 Å². The summed E-state index contributed by atoms with van der Waals surface area (Å²) in [6, 6.07) is 0. The number of hydrogen-bond donors (Lipinski definition) is 3. The molecule has 0 fully saturated rings. The molecule has 0 aromatic rings. The molecule has 0 saturated heterocycles. The number of nitroso groups, excluding NO2 is 2. The van der Waals surface area contributed by atoms with Crippen molar-refractivity contribution in [1.82, 2.24) is 15.5 Å². The Bertz CT molecular complexity index is 264. The van der Waals surface area contributed by atoms with E-state index in [0.29, 0.717) is 39.3 Å². The van der Waals surface area contributed by atoms with Gasteiger partial charge in [0.25, 0.3) is 0 Å². The standard InChI is InChI=1S/C10H21N5O4/c16-10(17)9-12-4-7-15(8-5-14-19)6-3-11-1-2-13-18/h11-12H,1-9H2,(H,16,17). The molecule has 3 N–H and O–H groups in total. The van der Waals surface area contributed by atoms with Crippen molar-refractivity contribution < 1.29 is 9.90 Å². The van der Waals surface area contributed by atoms with Gasteiger partial charge in [0.15, 0.2) is 0 Å². The summed E-state index contributed by atoms with van der Waals surface area (Å²) < 4.78 is 0. The van der Waals surface area contributed by atoms with Crippen molar-refractivity contribution >= 4 is 5.97 Å². The molecular formula is C10H21N5O4. The summed E-state index contributed by atoms with van der Waals surface area (Å²) in [5.41, 5.74) is 0. The van der Waals surface area contributed by atoms with Crippen molar-refractivity contribution in [2.45, 2.75) is 0 Å². The van der Waals surface area contributed by atoms with Crippen LogP contribution in [0.3, 0.4) is 0 Å². The van der Waals surface area contributed by atoms with Crippen LogP contribution in [0.1, 0.15) is 0 Å². The minimum absolute atomic E-state index is 0.0803. The molecule has 19 heavy (non-hydrogen) atoms. The van der Waals surface area contributed by atoms with Crippen LogP contribution in [0.2, 0.25) is 0 Å². The Morgan fingerprint density at radius 1 is 0.947 bits per heavy atom. The van der Waals surface area contributed by atoms with Gasteiger partial charge in [0.2, 0.25) is 0 Å². The average molecular weight is 275 g/mol. The number of carboxylic acid groups (broad SMARTS) is 1. The average Bonchev–Trinajstić information content (AvgIpc) is 2.39. The molecule has 0 aliphatic heterocycles. The quantitative estimate of drug-likeness (QED) is 0.277. The maximum Gasteiger partial charge on any atom is 0.317 e. The molecule has 110 valence electrons. The number of carbonyl (C=O) groups is 1. The molecule has 0 aromatic carbocycles. The molecule has 0 aromatic heterocycles. The van der Waals surface area contributed by atoms with Gasteiger partial charge in [-0.3, -0.25) is 9.69 Å². The predicted molar refractivity (Wildman–Crippen MR) is 71.1 cm³/mol. The summed E-state index contributed by atoms with van der Waals surface area (Å²) in [5.74, 6) is -0.899. The molecule has 0 atom stereocenters. The number of nitrogens with zero attached hydrogens (tertiary/aromatic N) is 3. The molecule has 0 spiro atoms. The van der Waals surface area contributed by atoms with Gasteiger partial charge >= 0.3 is 5.97 Å². The molecule has 0 heterocycles. The Hall–Kier alpha value is -1.45. The van der Waals surface area contributed by atoms with Gasteiger partial charge in [-0.05, 0) is 0 Å². The lowest BCUT2D eigenvalue weighted by Gasteiger charge is -2.21. The van der Waals surface area contributed by atoms with Gasteiger partial charge in [-0.25, -0.2) is 0 Å². The summed E-state index contributed by atoms with van der Waals surface area (Å²) >= 11 is 0. The summed E-state index contributed by atoms with van der Waals surface area (Å²) in [6.45, 7) is 3.95. The summed E-state index contributed by atoms with van der Waals surface area (Å²) in [7, 11) is 0. The fraction of sp³-hybridized carbons (Fsp3) is 0.900. The first-order chi connectivity index (χ1) is 9.20. The minimum atomic E-state index is -0.899. The highest BCUT2D eigenvalue weighted by Gasteiger charge is 2.04. The minimum Gasteiger partial charge on any atom is -0.480 e. The van der Waals surface area contributed by atoms with E-state index in [-0.39, 0.29) is 19.6 Å². The third kappa shape index (κ3) is 12.8. The van der Waals surface area contributed by atoms with Gasteiger partial charge in [-0.15, -0.1) is 0 Å². The van der Waals surface area contributed by atoms with Gasteiger partial charge in [0.1, 0.15) is 0 Å². The molecule has 0 amide bonds. The fourth-order valence-corrected chi connectivity index (χ4v) is 1.44. The topological polar surface area (TPSA) is 123 Å². The lowest BCUT2D eigenvalue weighted by Crippen LogP contribution is -2.39. The lowest BCUT2D eigenvalue weighted by molar-refractivity contribution is -0.135. The maximum atomic E-state index is 10.3. The highest BCUT2D eigenvalue weighted by atomic mass is 16.4. The molecule has 0 bridgehead atoms. The van der Waals surface area contributed by atoms with Gasteiger partial charge in [0.05, 0.1) is 19.6 Å². The van der Waals surface area contributed by atoms with Crippen LogP contribution in [0, 0.1) is 9.81 Å². The van der Waals surface area contributed by atoms with Crippen molar-refractivity contribution in [3.8, 4) is 0 Å². The predicted octanol–water partition coefficient (Wildman–Crippen LogP) is -0.915. The SMILES string of the molecule is O=NCCNCCN(CCN=O)CCNCC(=O)O. The van der Waals surface area contributed by atoms with Crippen molar-refractivity contribution in [2.75, 3.05) is 58.9 Å². The van der Waals surface area contributed by atoms with Crippen LogP contribution in [-0.2, 0) is 4.79 Å². The summed E-state index contributed by atoms with van der Waals surface area (Å²) in [5, 5.41) is 19.8. The van der Waals surface area contributed by atoms with E-state index in [0.717, 1.165) is 0 Å². The van der Waals surface area contributed by atoms with Crippen LogP contribution < -0.4 is 10.6 Å². The molecule has 9 heteroatoms. The lowest BCUT2D eigenvalue weighted by atomic mass is 10.4. The molecule has 0 aliphatic rings. The van der Waals surface area contributed by atoms with Crippen molar-refractivity contribution in [3.05, 3.63) is 9.81 Å². The monoisotopic (exact) mass is 275 g/mol. The third-order valence-electron chi connectivity index (χ3n) is 2.37. The zero-order chi connectivity index (χ0) is 14.3. The first kappa shape index (κ1) is 17.6. The molecule has 0 saturated carbocycles. The van der Waals surface area contributed by atoms with Crippen molar-refractivity contribution in [2.24, 2.45) is 10.4 Å². The first-order valence-electron chi connectivity index (χ1n) is 6.14. The van der Waals surface area contributed by atoms with Gasteiger partial charge in [0, 0.05) is 39.3 Å². The highest BCUT2D eigenvalue weighted by Crippen LogP contribution is 1.87. The maximum absolute atomic E-state index is 10.3. The van der Waals surface area contributed by atoms with E-state index in [9.17, 15) is 14.6 Å². The Labute approximate surface area is 111 Å². The van der Waals surface area contributed by atoms with Gasteiger partial charge in [-0.1, -0.05) is 10.4 Å². The van der Waals surface area contributed by atoms with E-state index in [1.165, 1.54) is 0 Å². The van der Waals surface area contributed by atoms with E-state index in [1.807, 2.05) is 4.90 Å². The Morgan fingerprint density at radius 2 is 1.58 bits per heavy atom. The highest BCUT2D eigenvalue weighted by molar-refractivity contribution is 5.68. The molecule has 9 nitrogen and oxygen atoms in total. The second kappa shape index (κ2) is 13.0. The number of nitrogens with one attached hydrogen (secondary N) is 2. The van der Waals surface area contributed by atoms with Crippen molar-refractivity contribution in [3.63, 3.8) is 0 Å². The van der Waals surface area contributed by atoms with Crippen molar-refractivity contribution in [1.29, 1.82) is 0 Å². The Morgan fingerprint density at radius 3 is 2.16 bits per heavy atom. The number of hydrogen-bond acceptors (Lipinski definition) is 8. The second-order valence-electron chi connectivity index (χ2n) is 3.87. The first-order valence-corrected chi connectivity index (χ1v) is 6.14. The smallest absolute Gasteiger partial charge is 0.317 e. The summed E-state index contributed by atoms with van der Waals surface area (Å²) in [6.07, 6.45) is 0. The molecule has 0 rings (SSSR count). The van der Waals surface area contributed by atoms with Crippen LogP contribution in [0.5, 0.6) is 0 Å². The van der Waals surface area contributed by atoms with E-state index >= 15 is 0 Å². The molecule has 0 unspecified atom stereocenters. The van der Waals surface area contributed by atoms with Crippen LogP contribution in [0.25, 0.3) is 0 Å². The Kier molecular flexibility index (Phi) is 12.0. The number of aliphatic carboxylic acids is 1. The number of rotatable bonds is 14. The zero-order valence-electron chi connectivity index (χ0n) is 10.9. The third-order valence-corrected chi connectivity index (χ3v) is 2.37. The van der Waals surface area contributed by atoms with Crippen LogP contribution >= 0.6 is 0 Å². The van der Waals surface area contributed by atoms with E-state index in [2.05, 4.69) is 21.0 Å². The molecule has 0 radical (unpaired) electrons. The van der Waals surface area contributed by atoms with Crippen LogP contribution in [0.15, 0.2) is 10.4 Å². The van der Waals surface area contributed by atoms with E-state index < -0.39 is 5.97 Å². The van der Waals surface area contributed by atoms with Gasteiger partial charge in [-0.2, -0.15) is 9.81 Å². The van der Waals surface area contributed by atoms with Crippen LogP contribution in [-0.4, -0.2) is 74.9 Å².